The molecule has 0 unspecified atom stereocenters. The van der Waals surface area contributed by atoms with Crippen LogP contribution in [0.5, 0.6) is 0 Å². The molecule has 0 radical (unpaired) electrons. The molecular weight excluding hydrogens is 498 g/mol. The van der Waals surface area contributed by atoms with Crippen LogP contribution in [0.3, 0.4) is 0 Å². The van der Waals surface area contributed by atoms with Crippen LogP contribution in [0.15, 0.2) is 53.9 Å². The molecule has 9 heteroatoms. The number of likely N-dealkylation sites (tertiary alicyclic amines) is 1. The molecule has 5 atom stereocenters. The molecule has 2 saturated heterocycles. The fraction of sp³-hybridized carbons (Fsp3) is 0.444. The minimum Gasteiger partial charge on any atom is -0.356 e. The number of fused-ring (bicyclic) bond motifs is 1. The molecule has 4 heterocycles. The first-order valence-electron chi connectivity index (χ1n) is 12.0. The summed E-state index contributed by atoms with van der Waals surface area (Å²) < 4.78 is 6.53. The highest BCUT2D eigenvalue weighted by Gasteiger charge is 2.76. The van der Waals surface area contributed by atoms with Crippen molar-refractivity contribution in [2.24, 2.45) is 11.8 Å². The van der Waals surface area contributed by atoms with E-state index in [1.54, 1.807) is 28.4 Å². The quantitative estimate of drug-likeness (QED) is 0.561. The summed E-state index contributed by atoms with van der Waals surface area (Å²) in [4.78, 5) is 43.9. The molecule has 1 aromatic heterocycles. The van der Waals surface area contributed by atoms with Gasteiger partial charge in [-0.15, -0.1) is 11.3 Å². The van der Waals surface area contributed by atoms with Crippen molar-refractivity contribution in [1.29, 1.82) is 0 Å². The van der Waals surface area contributed by atoms with Crippen LogP contribution in [0.25, 0.3) is 0 Å². The van der Waals surface area contributed by atoms with E-state index in [1.807, 2.05) is 69.5 Å². The maximum atomic E-state index is 14.0. The van der Waals surface area contributed by atoms with E-state index in [0.29, 0.717) is 11.6 Å². The average Bonchev–Trinajstić information content (AvgIpc) is 3.53. The molecule has 7 nitrogen and oxygen atoms in total. The van der Waals surface area contributed by atoms with Gasteiger partial charge in [0.1, 0.15) is 11.6 Å². The summed E-state index contributed by atoms with van der Waals surface area (Å²) in [6, 6.07) is 10.1. The third kappa shape index (κ3) is 4.15. The van der Waals surface area contributed by atoms with E-state index >= 15 is 0 Å². The van der Waals surface area contributed by atoms with Crippen LogP contribution in [0.4, 0.5) is 0 Å². The van der Waals surface area contributed by atoms with Gasteiger partial charge in [0.25, 0.3) is 0 Å². The fourth-order valence-electron chi connectivity index (χ4n) is 5.72. The van der Waals surface area contributed by atoms with Crippen molar-refractivity contribution >= 4 is 40.7 Å². The zero-order chi connectivity index (χ0) is 25.9. The lowest BCUT2D eigenvalue weighted by molar-refractivity contribution is -0.146. The van der Waals surface area contributed by atoms with Crippen LogP contribution in [0.2, 0.25) is 5.02 Å². The maximum absolute atomic E-state index is 14.0. The first-order valence-corrected chi connectivity index (χ1v) is 13.3. The fourth-order valence-corrected chi connectivity index (χ4v) is 6.49. The zero-order valence-corrected chi connectivity index (χ0v) is 22.3. The van der Waals surface area contributed by atoms with Crippen molar-refractivity contribution in [1.82, 2.24) is 15.5 Å². The number of nitrogens with one attached hydrogen (secondary N) is 2. The summed E-state index contributed by atoms with van der Waals surface area (Å²) >= 11 is 7.61. The smallest absolute Gasteiger partial charge is 0.246 e. The molecular formula is C27H30ClN3O4S. The van der Waals surface area contributed by atoms with Gasteiger partial charge in [-0.1, -0.05) is 42.0 Å². The molecule has 36 heavy (non-hydrogen) atoms. The van der Waals surface area contributed by atoms with Gasteiger partial charge in [0.2, 0.25) is 17.7 Å². The molecule has 2 fully saturated rings. The Balaban J connectivity index is 1.50. The van der Waals surface area contributed by atoms with Gasteiger partial charge >= 0.3 is 0 Å². The summed E-state index contributed by atoms with van der Waals surface area (Å²) in [5.41, 5.74) is -1.88. The van der Waals surface area contributed by atoms with E-state index in [-0.39, 0.29) is 24.3 Å². The second-order valence-electron chi connectivity index (χ2n) is 11.0. The van der Waals surface area contributed by atoms with E-state index in [0.717, 1.165) is 10.4 Å². The Kier molecular flexibility index (Phi) is 6.05. The second-order valence-corrected chi connectivity index (χ2v) is 12.4. The van der Waals surface area contributed by atoms with Crippen LogP contribution in [-0.2, 0) is 32.2 Å². The summed E-state index contributed by atoms with van der Waals surface area (Å²) in [7, 11) is 0. The van der Waals surface area contributed by atoms with Crippen LogP contribution >= 0.6 is 22.9 Å². The standard InChI is InChI=1S/C27H30ClN3O4S/c1-25(2,3)30-23(33)21-27-12-11-26(4,35-27)19(22(32)29-14-18-6-5-13-36-18)20(27)24(34)31(21)15-16-7-9-17(28)10-8-16/h5-13,19-21H,14-15H2,1-4H3,(H,29,32)(H,30,33)/t19-,20+,21-,26-,27-/m1/s1. The SMILES string of the molecule is CC(C)(C)NC(=O)[C@H]1N(Cc2ccc(Cl)cc2)C(=O)[C@@H]2[C@H](C(=O)NCc3cccs3)[C@@]3(C)C=C[C@@]21O3. The van der Waals surface area contributed by atoms with Crippen molar-refractivity contribution in [3.8, 4) is 0 Å². The van der Waals surface area contributed by atoms with Gasteiger partial charge in [-0.25, -0.2) is 0 Å². The minimum absolute atomic E-state index is 0.202. The number of hydrogen-bond acceptors (Lipinski definition) is 5. The van der Waals surface area contributed by atoms with Crippen LogP contribution in [-0.4, -0.2) is 45.4 Å². The highest BCUT2D eigenvalue weighted by molar-refractivity contribution is 7.09. The predicted molar refractivity (Wildman–Crippen MR) is 138 cm³/mol. The molecule has 3 aliphatic rings. The van der Waals surface area contributed by atoms with Crippen molar-refractivity contribution in [3.05, 3.63) is 69.4 Å². The Morgan fingerprint density at radius 3 is 2.50 bits per heavy atom. The third-order valence-electron chi connectivity index (χ3n) is 7.11. The zero-order valence-electron chi connectivity index (χ0n) is 20.7. The van der Waals surface area contributed by atoms with Crippen molar-refractivity contribution in [2.75, 3.05) is 0 Å². The summed E-state index contributed by atoms with van der Waals surface area (Å²) in [6.07, 6.45) is 3.67. The van der Waals surface area contributed by atoms with E-state index < -0.39 is 34.6 Å². The topological polar surface area (TPSA) is 87.7 Å². The van der Waals surface area contributed by atoms with E-state index in [1.165, 1.54) is 0 Å². The third-order valence-corrected chi connectivity index (χ3v) is 8.24. The highest BCUT2D eigenvalue weighted by Crippen LogP contribution is 2.59. The van der Waals surface area contributed by atoms with Gasteiger partial charge in [-0.3, -0.25) is 14.4 Å². The molecule has 0 saturated carbocycles. The Hall–Kier alpha value is -2.68. The summed E-state index contributed by atoms with van der Waals surface area (Å²) in [5, 5.41) is 8.56. The molecule has 1 spiro atoms. The molecule has 2 aromatic rings. The van der Waals surface area contributed by atoms with Crippen molar-refractivity contribution in [2.45, 2.75) is 63.6 Å². The van der Waals surface area contributed by atoms with Gasteiger partial charge in [0, 0.05) is 22.0 Å². The number of ether oxygens (including phenoxy) is 1. The molecule has 3 amide bonds. The van der Waals surface area contributed by atoms with Gasteiger partial charge in [-0.05, 0) is 56.8 Å². The van der Waals surface area contributed by atoms with Gasteiger partial charge in [-0.2, -0.15) is 0 Å². The number of benzene rings is 1. The number of nitrogens with zero attached hydrogens (tertiary/aromatic N) is 1. The molecule has 0 aliphatic carbocycles. The monoisotopic (exact) mass is 527 g/mol. The van der Waals surface area contributed by atoms with Crippen molar-refractivity contribution < 1.29 is 19.1 Å². The summed E-state index contributed by atoms with van der Waals surface area (Å²) in [5.74, 6) is -2.38. The Bertz CT molecular complexity index is 1220. The van der Waals surface area contributed by atoms with Crippen LogP contribution in [0.1, 0.15) is 38.1 Å². The highest BCUT2D eigenvalue weighted by atomic mass is 35.5. The lowest BCUT2D eigenvalue weighted by Crippen LogP contribution is -2.57. The molecule has 2 bridgehead atoms. The Morgan fingerprint density at radius 2 is 1.86 bits per heavy atom. The van der Waals surface area contributed by atoms with Gasteiger partial charge in [0.15, 0.2) is 0 Å². The van der Waals surface area contributed by atoms with Crippen LogP contribution in [0, 0.1) is 11.8 Å². The lowest BCUT2D eigenvalue weighted by atomic mass is 9.70. The van der Waals surface area contributed by atoms with Gasteiger partial charge in [0.05, 0.1) is 24.0 Å². The number of thiophene rings is 1. The molecule has 5 rings (SSSR count). The molecule has 1 aromatic carbocycles. The predicted octanol–water partition coefficient (Wildman–Crippen LogP) is 3.67. The average molecular weight is 528 g/mol. The number of halogens is 1. The molecule has 190 valence electrons. The lowest BCUT2D eigenvalue weighted by Gasteiger charge is -2.35. The number of amides is 3. The summed E-state index contributed by atoms with van der Waals surface area (Å²) in [6.45, 7) is 8.08. The van der Waals surface area contributed by atoms with E-state index in [9.17, 15) is 14.4 Å². The van der Waals surface area contributed by atoms with Crippen LogP contribution < -0.4 is 10.6 Å². The largest absolute Gasteiger partial charge is 0.356 e. The second kappa shape index (κ2) is 8.71. The number of carbonyl (C=O) groups is 3. The van der Waals surface area contributed by atoms with E-state index in [4.69, 9.17) is 16.3 Å². The first kappa shape index (κ1) is 25.0. The Labute approximate surface area is 219 Å². The van der Waals surface area contributed by atoms with E-state index in [2.05, 4.69) is 10.6 Å². The normalized spacial score (nSPS) is 30.5. The number of hydrogen-bond donors (Lipinski definition) is 2. The number of rotatable bonds is 6. The van der Waals surface area contributed by atoms with Crippen molar-refractivity contribution in [3.63, 3.8) is 0 Å². The maximum Gasteiger partial charge on any atom is 0.246 e. The molecule has 2 N–H and O–H groups in total. The Morgan fingerprint density at radius 1 is 1.14 bits per heavy atom. The minimum atomic E-state index is -1.22. The van der Waals surface area contributed by atoms with Gasteiger partial charge < -0.3 is 20.3 Å². The molecule has 3 aliphatic heterocycles. The first-order chi connectivity index (χ1) is 16.9. The number of carbonyl (C=O) groups excluding carboxylic acids is 3.